The number of halogens is 5. The van der Waals surface area contributed by atoms with E-state index >= 15 is 0 Å². The molecule has 0 saturated heterocycles. The molecular weight excluding hydrogens is 504 g/mol. The molecule has 1 heterocycles. The van der Waals surface area contributed by atoms with Gasteiger partial charge in [0, 0.05) is 27.6 Å². The molecule has 1 aliphatic heterocycles. The number of fused-ring (bicyclic) bond motifs is 1. The van der Waals surface area contributed by atoms with Crippen molar-refractivity contribution in [2.75, 3.05) is 12.0 Å². The highest BCUT2D eigenvalue weighted by molar-refractivity contribution is 6.31. The maximum absolute atomic E-state index is 14.7. The minimum atomic E-state index is -5.00. The van der Waals surface area contributed by atoms with E-state index in [1.54, 1.807) is 24.3 Å². The number of carbonyl (C=O) groups is 2. The minimum absolute atomic E-state index is 0.00944. The molecular formula is C25H19Cl2F3N2O3. The van der Waals surface area contributed by atoms with Gasteiger partial charge in [0.2, 0.25) is 0 Å². The number of urea groups is 1. The first kappa shape index (κ1) is 24.9. The van der Waals surface area contributed by atoms with Crippen molar-refractivity contribution < 1.29 is 27.5 Å². The Balaban J connectivity index is 1.79. The molecule has 3 aromatic rings. The van der Waals surface area contributed by atoms with Gasteiger partial charge in [-0.05, 0) is 60.2 Å². The number of hydrogen-bond donors (Lipinski definition) is 1. The van der Waals surface area contributed by atoms with Crippen LogP contribution in [0.3, 0.4) is 0 Å². The van der Waals surface area contributed by atoms with E-state index in [0.29, 0.717) is 16.3 Å². The highest BCUT2D eigenvalue weighted by Crippen LogP contribution is 2.49. The number of methoxy groups -OCH3 is 1. The summed E-state index contributed by atoms with van der Waals surface area (Å²) in [5, 5.41) is 2.47. The van der Waals surface area contributed by atoms with Crippen LogP contribution in [0.15, 0.2) is 66.7 Å². The summed E-state index contributed by atoms with van der Waals surface area (Å²) < 4.78 is 49.2. The van der Waals surface area contributed by atoms with Crippen molar-refractivity contribution in [1.29, 1.82) is 0 Å². The summed E-state index contributed by atoms with van der Waals surface area (Å²) in [5.74, 6) is -0.213. The predicted molar refractivity (Wildman–Crippen MR) is 127 cm³/mol. The predicted octanol–water partition coefficient (Wildman–Crippen LogP) is 6.76. The highest BCUT2D eigenvalue weighted by atomic mass is 35.5. The van der Waals surface area contributed by atoms with Crippen molar-refractivity contribution in [3.63, 3.8) is 0 Å². The molecule has 2 amide bonds. The van der Waals surface area contributed by atoms with Crippen molar-refractivity contribution in [1.82, 2.24) is 5.32 Å². The molecule has 0 aromatic heterocycles. The van der Waals surface area contributed by atoms with Gasteiger partial charge in [-0.25, -0.2) is 4.79 Å². The van der Waals surface area contributed by atoms with Crippen molar-refractivity contribution in [2.45, 2.75) is 24.7 Å². The van der Waals surface area contributed by atoms with Gasteiger partial charge in [0.15, 0.2) is 11.3 Å². The summed E-state index contributed by atoms with van der Waals surface area (Å²) >= 11 is 11.9. The van der Waals surface area contributed by atoms with Crippen LogP contribution < -0.4 is 15.0 Å². The summed E-state index contributed by atoms with van der Waals surface area (Å²) in [6, 6.07) is 15.2. The topological polar surface area (TPSA) is 58.6 Å². The van der Waals surface area contributed by atoms with Crippen LogP contribution in [0.25, 0.3) is 0 Å². The van der Waals surface area contributed by atoms with Crippen molar-refractivity contribution in [2.24, 2.45) is 0 Å². The third-order valence-corrected chi connectivity index (χ3v) is 6.34. The zero-order valence-electron chi connectivity index (χ0n) is 18.3. The molecule has 1 N–H and O–H groups in total. The second kappa shape index (κ2) is 9.43. The molecule has 1 unspecified atom stereocenters. The lowest BCUT2D eigenvalue weighted by Crippen LogP contribution is -2.63. The van der Waals surface area contributed by atoms with Crippen LogP contribution in [0.5, 0.6) is 5.75 Å². The summed E-state index contributed by atoms with van der Waals surface area (Å²) in [6.45, 7) is -0.0104. The average Bonchev–Trinajstić information content (AvgIpc) is 2.81. The Labute approximate surface area is 209 Å². The van der Waals surface area contributed by atoms with E-state index in [2.05, 4.69) is 5.32 Å². The SMILES string of the molecule is COc1ccc(CN2C(=O)NC(CC(=O)c3ccc(Cl)cc3)(C(F)(F)F)c3cc(Cl)ccc32)cc1. The number of hydrogen-bond acceptors (Lipinski definition) is 3. The number of ether oxygens (including phenoxy) is 1. The molecule has 4 rings (SSSR count). The number of ketones is 1. The number of carbonyl (C=O) groups excluding carboxylic acids is 2. The van der Waals surface area contributed by atoms with Crippen LogP contribution >= 0.6 is 23.2 Å². The number of rotatable bonds is 6. The van der Waals surface area contributed by atoms with Gasteiger partial charge in [-0.2, -0.15) is 13.2 Å². The first-order valence-corrected chi connectivity index (χ1v) is 11.2. The van der Waals surface area contributed by atoms with Crippen LogP contribution in [-0.4, -0.2) is 25.1 Å². The van der Waals surface area contributed by atoms with Crippen LogP contribution in [-0.2, 0) is 12.1 Å². The second-order valence-electron chi connectivity index (χ2n) is 8.04. The number of amides is 2. The van der Waals surface area contributed by atoms with E-state index in [0.717, 1.165) is 6.07 Å². The van der Waals surface area contributed by atoms with Gasteiger partial charge in [0.25, 0.3) is 0 Å². The first-order chi connectivity index (χ1) is 16.5. The molecule has 0 radical (unpaired) electrons. The van der Waals surface area contributed by atoms with Gasteiger partial charge in [-0.3, -0.25) is 9.69 Å². The van der Waals surface area contributed by atoms with Crippen LogP contribution in [0.1, 0.15) is 27.9 Å². The first-order valence-electron chi connectivity index (χ1n) is 10.4. The van der Waals surface area contributed by atoms with Crippen LogP contribution in [0.4, 0.5) is 23.7 Å². The number of alkyl halides is 3. The van der Waals surface area contributed by atoms with E-state index in [4.69, 9.17) is 27.9 Å². The van der Waals surface area contributed by atoms with Gasteiger partial charge < -0.3 is 10.1 Å². The number of Topliss-reactive ketones (excluding diaryl/α,β-unsaturated/α-hetero) is 1. The lowest BCUT2D eigenvalue weighted by atomic mass is 9.80. The summed E-state index contributed by atoms with van der Waals surface area (Å²) in [6.07, 6.45) is -6.05. The molecule has 1 aliphatic rings. The summed E-state index contributed by atoms with van der Waals surface area (Å²) in [5.41, 5.74) is -2.57. The smallest absolute Gasteiger partial charge is 0.416 e. The fraction of sp³-hybridized carbons (Fsp3) is 0.200. The number of benzene rings is 3. The standard InChI is InChI=1S/C25H19Cl2F3N2O3/c1-35-19-9-2-15(3-10-19)14-32-21-11-8-18(27)12-20(21)24(25(28,29)30,31-23(32)34)13-22(33)16-4-6-17(26)7-5-16/h2-12H,13-14H2,1H3,(H,31,34). The average molecular weight is 523 g/mol. The Morgan fingerprint density at radius 2 is 1.63 bits per heavy atom. The molecule has 0 spiro atoms. The largest absolute Gasteiger partial charge is 0.497 e. The Morgan fingerprint density at radius 1 is 1.00 bits per heavy atom. The third-order valence-electron chi connectivity index (χ3n) is 5.85. The number of anilines is 1. The van der Waals surface area contributed by atoms with E-state index < -0.39 is 30.0 Å². The molecule has 35 heavy (non-hydrogen) atoms. The fourth-order valence-electron chi connectivity index (χ4n) is 4.02. The lowest BCUT2D eigenvalue weighted by Gasteiger charge is -2.44. The second-order valence-corrected chi connectivity index (χ2v) is 8.91. The van der Waals surface area contributed by atoms with Crippen LogP contribution in [0.2, 0.25) is 10.0 Å². The van der Waals surface area contributed by atoms with Gasteiger partial charge in [-0.1, -0.05) is 35.3 Å². The fourth-order valence-corrected chi connectivity index (χ4v) is 4.32. The highest BCUT2D eigenvalue weighted by Gasteiger charge is 2.61. The van der Waals surface area contributed by atoms with Crippen molar-refractivity contribution in [3.8, 4) is 5.75 Å². The lowest BCUT2D eigenvalue weighted by molar-refractivity contribution is -0.196. The van der Waals surface area contributed by atoms with E-state index in [-0.39, 0.29) is 28.4 Å². The van der Waals surface area contributed by atoms with Gasteiger partial charge in [0.1, 0.15) is 5.75 Å². The van der Waals surface area contributed by atoms with E-state index in [1.165, 1.54) is 48.4 Å². The maximum Gasteiger partial charge on any atom is 0.416 e. The molecule has 5 nitrogen and oxygen atoms in total. The Bertz CT molecular complexity index is 1260. The molecule has 0 fully saturated rings. The normalized spacial score (nSPS) is 17.5. The summed E-state index contributed by atoms with van der Waals surface area (Å²) in [7, 11) is 1.51. The van der Waals surface area contributed by atoms with Gasteiger partial charge in [-0.15, -0.1) is 0 Å². The molecule has 0 saturated carbocycles. The number of nitrogens with zero attached hydrogens (tertiary/aromatic N) is 1. The zero-order valence-corrected chi connectivity index (χ0v) is 19.8. The van der Waals surface area contributed by atoms with Crippen LogP contribution in [0, 0.1) is 0 Å². The minimum Gasteiger partial charge on any atom is -0.497 e. The van der Waals surface area contributed by atoms with E-state index in [1.807, 2.05) is 0 Å². The van der Waals surface area contributed by atoms with E-state index in [9.17, 15) is 22.8 Å². The van der Waals surface area contributed by atoms with Crippen molar-refractivity contribution in [3.05, 3.63) is 93.5 Å². The molecule has 10 heteroatoms. The molecule has 0 aliphatic carbocycles. The quantitative estimate of drug-likeness (QED) is 0.363. The van der Waals surface area contributed by atoms with Gasteiger partial charge >= 0.3 is 12.2 Å². The Hall–Kier alpha value is -3.23. The number of nitrogens with one attached hydrogen (secondary N) is 1. The molecule has 0 bridgehead atoms. The monoisotopic (exact) mass is 522 g/mol. The Morgan fingerprint density at radius 3 is 2.23 bits per heavy atom. The van der Waals surface area contributed by atoms with Crippen molar-refractivity contribution >= 4 is 40.7 Å². The zero-order chi connectivity index (χ0) is 25.4. The van der Waals surface area contributed by atoms with Gasteiger partial charge in [0.05, 0.1) is 19.3 Å². The summed E-state index contributed by atoms with van der Waals surface area (Å²) in [4.78, 5) is 27.3. The molecule has 1 atom stereocenters. The maximum atomic E-state index is 14.7. The third kappa shape index (κ3) is 4.81. The molecule has 182 valence electrons. The molecule has 3 aromatic carbocycles. The Kier molecular flexibility index (Phi) is 6.71.